The van der Waals surface area contributed by atoms with Crippen molar-refractivity contribution >= 4 is 22.8 Å². The summed E-state index contributed by atoms with van der Waals surface area (Å²) in [5, 5.41) is 10.3. The summed E-state index contributed by atoms with van der Waals surface area (Å²) in [7, 11) is 1.51. The van der Waals surface area contributed by atoms with Crippen molar-refractivity contribution in [1.29, 1.82) is 0 Å². The van der Waals surface area contributed by atoms with Crippen LogP contribution in [0, 0.1) is 6.92 Å². The Morgan fingerprint density at radius 3 is 2.27 bits per heavy atom. The summed E-state index contributed by atoms with van der Waals surface area (Å²) >= 11 is 0. The van der Waals surface area contributed by atoms with Crippen molar-refractivity contribution in [1.82, 2.24) is 4.57 Å². The van der Waals surface area contributed by atoms with Gasteiger partial charge in [-0.05, 0) is 61.4 Å². The Morgan fingerprint density at radius 2 is 1.73 bits per heavy atom. The van der Waals surface area contributed by atoms with Crippen LogP contribution < -0.4 is 9.47 Å². The van der Waals surface area contributed by atoms with Crippen molar-refractivity contribution < 1.29 is 33.0 Å². The smallest absolute Gasteiger partial charge is 0.387 e. The summed E-state index contributed by atoms with van der Waals surface area (Å²) < 4.78 is 35.8. The number of carboxylic acid groups (broad SMARTS) is 1. The van der Waals surface area contributed by atoms with Gasteiger partial charge in [-0.2, -0.15) is 8.78 Å². The highest BCUT2D eigenvalue weighted by molar-refractivity contribution is 6.05. The Labute approximate surface area is 171 Å². The number of rotatable bonds is 7. The van der Waals surface area contributed by atoms with E-state index in [1.165, 1.54) is 35.9 Å². The summed E-state index contributed by atoms with van der Waals surface area (Å²) in [6.07, 6.45) is 0.348. The number of methoxy groups -OCH3 is 1. The van der Waals surface area contributed by atoms with Gasteiger partial charge in [0.1, 0.15) is 11.5 Å². The highest BCUT2D eigenvalue weighted by Gasteiger charge is 2.28. The highest BCUT2D eigenvalue weighted by Crippen LogP contribution is 2.36. The first-order chi connectivity index (χ1) is 14.3. The van der Waals surface area contributed by atoms with Gasteiger partial charge in [0.05, 0.1) is 18.5 Å². The molecule has 0 aliphatic rings. The van der Waals surface area contributed by atoms with Crippen molar-refractivity contribution in [2.24, 2.45) is 0 Å². The fourth-order valence-corrected chi connectivity index (χ4v) is 3.66. The lowest BCUT2D eigenvalue weighted by Gasteiger charge is -2.12. The number of hydrogen-bond donors (Lipinski definition) is 1. The van der Waals surface area contributed by atoms with Crippen LogP contribution in [0.1, 0.15) is 40.9 Å². The number of alkyl halides is 2. The van der Waals surface area contributed by atoms with Crippen LogP contribution in [0.4, 0.5) is 8.78 Å². The minimum Gasteiger partial charge on any atom is -0.497 e. The molecular formula is C22H21F2NO5. The fourth-order valence-electron chi connectivity index (χ4n) is 3.66. The molecule has 2 aromatic carbocycles. The number of carbonyl (C=O) groups is 2. The minimum atomic E-state index is -2.96. The number of hydrogen-bond acceptors (Lipinski definition) is 4. The van der Waals surface area contributed by atoms with Crippen LogP contribution in [0.3, 0.4) is 0 Å². The summed E-state index contributed by atoms with van der Waals surface area (Å²) in [6, 6.07) is 10.5. The molecule has 0 saturated heterocycles. The third kappa shape index (κ3) is 3.85. The number of halogens is 2. The van der Waals surface area contributed by atoms with Crippen molar-refractivity contribution in [2.45, 2.75) is 32.8 Å². The molecule has 0 radical (unpaired) electrons. The molecule has 0 bridgehead atoms. The average molecular weight is 417 g/mol. The zero-order valence-corrected chi connectivity index (χ0v) is 16.7. The summed E-state index contributed by atoms with van der Waals surface area (Å²) in [5.74, 6) is -1.70. The third-order valence-electron chi connectivity index (χ3n) is 5.04. The molecule has 0 amide bonds. The second kappa shape index (κ2) is 8.52. The van der Waals surface area contributed by atoms with Crippen molar-refractivity contribution in [3.63, 3.8) is 0 Å². The Bertz CT molecular complexity index is 1090. The van der Waals surface area contributed by atoms with Crippen molar-refractivity contribution in [3.05, 3.63) is 59.3 Å². The van der Waals surface area contributed by atoms with Crippen molar-refractivity contribution in [3.8, 4) is 11.5 Å². The first-order valence-corrected chi connectivity index (χ1v) is 9.29. The topological polar surface area (TPSA) is 77.8 Å². The molecule has 0 saturated carbocycles. The number of fused-ring (bicyclic) bond motifs is 1. The van der Waals surface area contributed by atoms with E-state index in [-0.39, 0.29) is 11.3 Å². The van der Waals surface area contributed by atoms with E-state index < -0.39 is 24.4 Å². The molecule has 30 heavy (non-hydrogen) atoms. The highest BCUT2D eigenvalue weighted by atomic mass is 19.3. The van der Waals surface area contributed by atoms with Crippen LogP contribution in [0.5, 0.6) is 11.5 Å². The van der Waals surface area contributed by atoms with Gasteiger partial charge in [-0.15, -0.1) is 0 Å². The Kier molecular flexibility index (Phi) is 6.05. The molecule has 1 N–H and O–H groups in total. The maximum Gasteiger partial charge on any atom is 0.387 e. The number of nitrogens with zero attached hydrogens (tertiary/aromatic N) is 1. The molecule has 3 aromatic rings. The monoisotopic (exact) mass is 417 g/mol. The molecule has 8 heteroatoms. The van der Waals surface area contributed by atoms with Gasteiger partial charge in [-0.25, -0.2) is 0 Å². The van der Waals surface area contributed by atoms with Crippen LogP contribution in [0.25, 0.3) is 10.9 Å². The zero-order valence-electron chi connectivity index (χ0n) is 16.7. The summed E-state index contributed by atoms with van der Waals surface area (Å²) in [5.41, 5.74) is 1.85. The lowest BCUT2D eigenvalue weighted by Crippen LogP contribution is -2.16. The molecule has 0 aliphatic carbocycles. The van der Waals surface area contributed by atoms with Crippen LogP contribution in [0.15, 0.2) is 42.5 Å². The van der Waals surface area contributed by atoms with Gasteiger partial charge in [0.15, 0.2) is 0 Å². The molecule has 0 spiro atoms. The van der Waals surface area contributed by atoms with Crippen LogP contribution in [0.2, 0.25) is 0 Å². The number of aliphatic carboxylic acids is 1. The molecule has 1 heterocycles. The van der Waals surface area contributed by atoms with E-state index in [0.717, 1.165) is 0 Å². The predicted molar refractivity (Wildman–Crippen MR) is 107 cm³/mol. The van der Waals surface area contributed by atoms with E-state index in [9.17, 15) is 23.5 Å². The SMILES string of the molecule is CCC(C(=O)O)c1c(C)n(C(=O)c2ccc(OC(F)F)cc2)c2ccc(OC)cc12. The predicted octanol–water partition coefficient (Wildman–Crippen LogP) is 4.83. The summed E-state index contributed by atoms with van der Waals surface area (Å²) in [4.78, 5) is 25.1. The van der Waals surface area contributed by atoms with Gasteiger partial charge in [0, 0.05) is 16.6 Å². The van der Waals surface area contributed by atoms with E-state index in [4.69, 9.17) is 4.74 Å². The third-order valence-corrected chi connectivity index (χ3v) is 5.04. The number of ether oxygens (including phenoxy) is 2. The molecule has 1 aromatic heterocycles. The molecule has 6 nitrogen and oxygen atoms in total. The first-order valence-electron chi connectivity index (χ1n) is 9.29. The fraction of sp³-hybridized carbons (Fsp3) is 0.273. The number of aromatic nitrogens is 1. The first kappa shape index (κ1) is 21.3. The number of benzene rings is 2. The Hall–Kier alpha value is -3.42. The molecule has 0 aliphatic heterocycles. The molecular weight excluding hydrogens is 396 g/mol. The number of carbonyl (C=O) groups excluding carboxylic acids is 1. The zero-order chi connectivity index (χ0) is 22.0. The van der Waals surface area contributed by atoms with E-state index in [0.29, 0.717) is 34.3 Å². The molecule has 1 atom stereocenters. The molecule has 0 fully saturated rings. The van der Waals surface area contributed by atoms with Crippen LogP contribution in [-0.2, 0) is 4.79 Å². The van der Waals surface area contributed by atoms with Crippen molar-refractivity contribution in [2.75, 3.05) is 7.11 Å². The van der Waals surface area contributed by atoms with E-state index in [1.54, 1.807) is 32.0 Å². The molecule has 3 rings (SSSR count). The second-order valence-corrected chi connectivity index (χ2v) is 6.72. The average Bonchev–Trinajstić information content (AvgIpc) is 2.99. The van der Waals surface area contributed by atoms with Gasteiger partial charge in [-0.1, -0.05) is 6.92 Å². The maximum atomic E-state index is 13.3. The van der Waals surface area contributed by atoms with Gasteiger partial charge in [0.25, 0.3) is 5.91 Å². The minimum absolute atomic E-state index is 0.0574. The quantitative estimate of drug-likeness (QED) is 0.596. The van der Waals surface area contributed by atoms with Crippen LogP contribution in [-0.4, -0.2) is 35.3 Å². The van der Waals surface area contributed by atoms with E-state index >= 15 is 0 Å². The number of carboxylic acids is 1. The maximum absolute atomic E-state index is 13.3. The lowest BCUT2D eigenvalue weighted by atomic mass is 9.94. The Morgan fingerprint density at radius 1 is 1.10 bits per heavy atom. The Balaban J connectivity index is 2.17. The van der Waals surface area contributed by atoms with Gasteiger partial charge >= 0.3 is 12.6 Å². The summed E-state index contributed by atoms with van der Waals surface area (Å²) in [6.45, 7) is 0.506. The van der Waals surface area contributed by atoms with Gasteiger partial charge in [-0.3, -0.25) is 14.2 Å². The van der Waals surface area contributed by atoms with E-state index in [1.807, 2.05) is 0 Å². The normalized spacial score (nSPS) is 12.2. The standard InChI is InChI=1S/C22H21F2NO5/c1-4-16(21(27)28)19-12(2)25(18-10-9-15(29-3)11-17(18)19)20(26)13-5-7-14(8-6-13)30-22(23)24/h5-11,16,22H,4H2,1-3H3,(H,27,28). The van der Waals surface area contributed by atoms with Gasteiger partial charge < -0.3 is 14.6 Å². The largest absolute Gasteiger partial charge is 0.497 e. The van der Waals surface area contributed by atoms with Gasteiger partial charge in [0.2, 0.25) is 0 Å². The van der Waals surface area contributed by atoms with E-state index in [2.05, 4.69) is 4.74 Å². The molecule has 1 unspecified atom stereocenters. The lowest BCUT2D eigenvalue weighted by molar-refractivity contribution is -0.138. The second-order valence-electron chi connectivity index (χ2n) is 6.72. The van der Waals surface area contributed by atoms with Crippen LogP contribution >= 0.6 is 0 Å². The molecule has 158 valence electrons.